The van der Waals surface area contributed by atoms with Crippen LogP contribution in [0.15, 0.2) is 5.11 Å². The van der Waals surface area contributed by atoms with E-state index in [1.807, 2.05) is 20.3 Å². The van der Waals surface area contributed by atoms with Gasteiger partial charge in [0.15, 0.2) is 0 Å². The first-order valence-electron chi connectivity index (χ1n) is 2.77. The zero-order chi connectivity index (χ0) is 6.99. The minimum atomic E-state index is 0. The van der Waals surface area contributed by atoms with Gasteiger partial charge in [0.05, 0.1) is 0 Å². The molecule has 0 N–H and O–H groups in total. The van der Waals surface area contributed by atoms with Crippen LogP contribution in [0.25, 0.3) is 5.53 Å². The second-order valence-electron chi connectivity index (χ2n) is 1.79. The average molecular weight is 232 g/mol. The Morgan fingerprint density at radius 3 is 1.30 bits per heavy atom. The topological polar surface area (TPSA) is 34.7 Å². The third-order valence-electron chi connectivity index (χ3n) is 0.231. The Morgan fingerprint density at radius 1 is 1.20 bits per heavy atom. The van der Waals surface area contributed by atoms with E-state index in [2.05, 4.69) is 5.11 Å². The zero-order valence-corrected chi connectivity index (χ0v) is 8.80. The van der Waals surface area contributed by atoms with Crippen LogP contribution in [0.4, 0.5) is 0 Å². The van der Waals surface area contributed by atoms with Crippen molar-refractivity contribution in [1.29, 1.82) is 0 Å². The fraction of sp³-hybridized carbons (Fsp3) is 0.833. The molecule has 0 aliphatic rings. The van der Waals surface area contributed by atoms with Crippen LogP contribution < -0.4 is 0 Å². The molecule has 68 valence electrons. The van der Waals surface area contributed by atoms with Crippen molar-refractivity contribution in [3.05, 3.63) is 12.0 Å². The molecule has 0 fully saturated rings. The van der Waals surface area contributed by atoms with Gasteiger partial charge in [0, 0.05) is 39.6 Å². The summed E-state index contributed by atoms with van der Waals surface area (Å²) < 4.78 is 0. The maximum atomic E-state index is 7.77. The molecular formula is C6H14Co2N2-2. The van der Waals surface area contributed by atoms with Crippen molar-refractivity contribution in [2.24, 2.45) is 5.11 Å². The van der Waals surface area contributed by atoms with Gasteiger partial charge in [-0.05, 0) is 13.8 Å². The van der Waals surface area contributed by atoms with Crippen molar-refractivity contribution in [2.75, 3.05) is 0 Å². The van der Waals surface area contributed by atoms with E-state index in [4.69, 9.17) is 5.53 Å². The quantitative estimate of drug-likeness (QED) is 0.492. The van der Waals surface area contributed by atoms with Crippen LogP contribution in [-0.2, 0) is 33.6 Å². The summed E-state index contributed by atoms with van der Waals surface area (Å²) in [4.78, 5) is 0. The Kier molecular flexibility index (Phi) is 50.8. The first kappa shape index (κ1) is 22.4. The fourth-order valence-corrected chi connectivity index (χ4v) is 0. The first-order valence-corrected chi connectivity index (χ1v) is 2.77. The molecule has 0 amide bonds. The summed E-state index contributed by atoms with van der Waals surface area (Å²) in [6, 6.07) is 0.0648. The molecule has 0 aromatic rings. The summed E-state index contributed by atoms with van der Waals surface area (Å²) in [6.07, 6.45) is 2.00. The molecule has 4 heteroatoms. The van der Waals surface area contributed by atoms with Crippen LogP contribution in [0, 0.1) is 6.42 Å². The average Bonchev–Trinajstić information content (AvgIpc) is 1.69. The Bertz CT molecular complexity index is 49.0. The predicted molar refractivity (Wildman–Crippen MR) is 36.6 cm³/mol. The molecule has 0 aliphatic carbocycles. The van der Waals surface area contributed by atoms with Crippen molar-refractivity contribution in [1.82, 2.24) is 0 Å². The minimum Gasteiger partial charge on any atom is -0.712 e. The summed E-state index contributed by atoms with van der Waals surface area (Å²) in [5, 5.41) is 2.89. The number of hydrogen-bond acceptors (Lipinski definition) is 1. The van der Waals surface area contributed by atoms with Crippen LogP contribution in [-0.4, -0.2) is 6.04 Å². The van der Waals surface area contributed by atoms with Crippen LogP contribution in [0.1, 0.15) is 27.7 Å². The van der Waals surface area contributed by atoms with Crippen LogP contribution >= 0.6 is 0 Å². The summed E-state index contributed by atoms with van der Waals surface area (Å²) >= 11 is 0. The molecule has 0 saturated carbocycles. The summed E-state index contributed by atoms with van der Waals surface area (Å²) in [5.74, 6) is 0. The molecule has 0 spiro atoms. The van der Waals surface area contributed by atoms with Gasteiger partial charge in [0.2, 0.25) is 0 Å². The van der Waals surface area contributed by atoms with Crippen LogP contribution in [0.3, 0.4) is 0 Å². The van der Waals surface area contributed by atoms with Gasteiger partial charge in [-0.3, -0.25) is 0 Å². The minimum absolute atomic E-state index is 0. The molecule has 0 heterocycles. The van der Waals surface area contributed by atoms with Crippen molar-refractivity contribution < 1.29 is 33.6 Å². The van der Waals surface area contributed by atoms with Gasteiger partial charge in [-0.2, -0.15) is 13.8 Å². The Hall–Kier alpha value is 0.613. The molecule has 0 aromatic carbocycles. The predicted octanol–water partition coefficient (Wildman–Crippen LogP) is 2.64. The molecule has 10 heavy (non-hydrogen) atoms. The van der Waals surface area contributed by atoms with E-state index in [-0.39, 0.29) is 39.6 Å². The van der Waals surface area contributed by atoms with Crippen molar-refractivity contribution in [3.8, 4) is 0 Å². The fourth-order valence-electron chi connectivity index (χ4n) is 0. The van der Waals surface area contributed by atoms with Gasteiger partial charge in [-0.1, -0.05) is 0 Å². The van der Waals surface area contributed by atoms with Crippen molar-refractivity contribution in [2.45, 2.75) is 33.7 Å². The molecule has 2 radical (unpaired) electrons. The number of rotatable bonds is 1. The van der Waals surface area contributed by atoms with Gasteiger partial charge >= 0.3 is 0 Å². The molecule has 0 aliphatic heterocycles. The van der Waals surface area contributed by atoms with Gasteiger partial charge in [-0.15, -0.1) is 0 Å². The Balaban J connectivity index is -0.0000000326. The van der Waals surface area contributed by atoms with E-state index in [1.165, 1.54) is 0 Å². The second kappa shape index (κ2) is 22.6. The van der Waals surface area contributed by atoms with E-state index < -0.39 is 0 Å². The smallest absolute Gasteiger partial charge is 0.0206 e. The standard InChI is InChI=1S/C3H7N2.C3H7.2Co/c1-3(2)5-4;1-3-2;;/h3H,1-2H3;3H,1-2H3;;/q2*-1;;. The molecule has 0 unspecified atom stereocenters. The van der Waals surface area contributed by atoms with Gasteiger partial charge in [0.25, 0.3) is 0 Å². The number of hydrogen-bond donors (Lipinski definition) is 0. The second-order valence-corrected chi connectivity index (χ2v) is 1.79. The van der Waals surface area contributed by atoms with E-state index in [1.54, 1.807) is 13.8 Å². The summed E-state index contributed by atoms with van der Waals surface area (Å²) in [6.45, 7) is 7.61. The summed E-state index contributed by atoms with van der Waals surface area (Å²) in [5.41, 5.74) is 7.77. The van der Waals surface area contributed by atoms with Gasteiger partial charge in [0.1, 0.15) is 0 Å². The zero-order valence-electron chi connectivity index (χ0n) is 6.72. The van der Waals surface area contributed by atoms with Crippen molar-refractivity contribution in [3.63, 3.8) is 0 Å². The van der Waals surface area contributed by atoms with Crippen LogP contribution in [0.2, 0.25) is 0 Å². The van der Waals surface area contributed by atoms with Crippen LogP contribution in [0.5, 0.6) is 0 Å². The Morgan fingerprint density at radius 2 is 1.30 bits per heavy atom. The third kappa shape index (κ3) is 73.1. The van der Waals surface area contributed by atoms with Gasteiger partial charge < -0.3 is 17.1 Å². The number of nitrogens with zero attached hydrogens (tertiary/aromatic N) is 2. The van der Waals surface area contributed by atoms with E-state index in [9.17, 15) is 0 Å². The largest absolute Gasteiger partial charge is 0.712 e. The summed E-state index contributed by atoms with van der Waals surface area (Å²) in [7, 11) is 0. The molecular weight excluding hydrogens is 218 g/mol. The first-order chi connectivity index (χ1) is 3.68. The van der Waals surface area contributed by atoms with E-state index >= 15 is 0 Å². The maximum absolute atomic E-state index is 7.77. The maximum Gasteiger partial charge on any atom is 0.0206 e. The Labute approximate surface area is 84.4 Å². The molecule has 0 saturated heterocycles. The van der Waals surface area contributed by atoms with E-state index in [0.29, 0.717) is 0 Å². The molecule has 0 rings (SSSR count). The van der Waals surface area contributed by atoms with Gasteiger partial charge in [-0.25, -0.2) is 0 Å². The molecule has 2 nitrogen and oxygen atoms in total. The molecule has 0 bridgehead atoms. The molecule has 0 atom stereocenters. The third-order valence-corrected chi connectivity index (χ3v) is 0.231. The monoisotopic (exact) mass is 232 g/mol. The van der Waals surface area contributed by atoms with E-state index in [0.717, 1.165) is 0 Å². The normalized spacial score (nSPS) is 6.10. The SMILES string of the molecule is CC(C)N=[N-].C[CH-]C.[Co].[Co]. The van der Waals surface area contributed by atoms with Crippen molar-refractivity contribution >= 4 is 0 Å². The molecule has 0 aromatic heterocycles.